The Morgan fingerprint density at radius 3 is 0.833 bits per heavy atom. The van der Waals surface area contributed by atoms with Gasteiger partial charge in [0.2, 0.25) is 0 Å². The van der Waals surface area contributed by atoms with E-state index in [1.807, 2.05) is 0 Å². The van der Waals surface area contributed by atoms with E-state index >= 15 is 0 Å². The Hall–Kier alpha value is -0.480. The zero-order valence-electron chi connectivity index (χ0n) is 18.4. The highest BCUT2D eigenvalue weighted by molar-refractivity contribution is 4.34. The normalized spacial score (nSPS) is 10.2. The Balaban J connectivity index is -0.000000412. The molecule has 0 saturated carbocycles. The van der Waals surface area contributed by atoms with E-state index in [2.05, 4.69) is 23.9 Å². The van der Waals surface area contributed by atoms with Crippen LogP contribution in [0.5, 0.6) is 0 Å². The number of hydrogen-bond acceptors (Lipinski definition) is 12. The third kappa shape index (κ3) is 46.0. The van der Waals surface area contributed by atoms with Crippen molar-refractivity contribution in [1.29, 1.82) is 0 Å². The lowest BCUT2D eigenvalue weighted by molar-refractivity contribution is -0.611. The van der Waals surface area contributed by atoms with E-state index in [0.29, 0.717) is 66.1 Å². The van der Waals surface area contributed by atoms with Gasteiger partial charge in [-0.1, -0.05) is 13.8 Å². The molecule has 0 amide bonds. The summed E-state index contributed by atoms with van der Waals surface area (Å²) < 4.78 is 30.8. The largest absolute Gasteiger partial charge is 0.394 e. The highest BCUT2D eigenvalue weighted by Crippen LogP contribution is 1.84. The van der Waals surface area contributed by atoms with E-state index in [9.17, 15) is 0 Å². The van der Waals surface area contributed by atoms with Crippen molar-refractivity contribution in [3.63, 3.8) is 0 Å². The van der Waals surface area contributed by atoms with Crippen molar-refractivity contribution in [3.05, 3.63) is 0 Å². The van der Waals surface area contributed by atoms with Crippen LogP contribution in [0.25, 0.3) is 0 Å². The van der Waals surface area contributed by atoms with Gasteiger partial charge in [0.05, 0.1) is 79.3 Å². The van der Waals surface area contributed by atoms with Gasteiger partial charge in [-0.05, 0) is 22.9 Å². The highest BCUT2D eigenvalue weighted by atomic mass is 17.6. The molecular formula is C18H42O12. The quantitative estimate of drug-likeness (QED) is 0.111. The maximum absolute atomic E-state index is 8.36. The van der Waals surface area contributed by atoms with E-state index in [4.69, 9.17) is 49.1 Å². The van der Waals surface area contributed by atoms with Gasteiger partial charge in [0.1, 0.15) is 0 Å². The zero-order valence-corrected chi connectivity index (χ0v) is 18.4. The van der Waals surface area contributed by atoms with E-state index in [1.54, 1.807) is 0 Å². The van der Waals surface area contributed by atoms with Gasteiger partial charge in [0.25, 0.3) is 0 Å². The molecule has 0 saturated heterocycles. The predicted molar refractivity (Wildman–Crippen MR) is 107 cm³/mol. The second-order valence-corrected chi connectivity index (χ2v) is 5.27. The van der Waals surface area contributed by atoms with Gasteiger partial charge in [-0.15, -0.1) is 0 Å². The van der Waals surface area contributed by atoms with E-state index in [-0.39, 0.29) is 13.2 Å². The Bertz CT molecular complexity index is 205. The van der Waals surface area contributed by atoms with Crippen molar-refractivity contribution < 1.29 is 59.2 Å². The minimum absolute atomic E-state index is 0.0413. The van der Waals surface area contributed by atoms with E-state index < -0.39 is 0 Å². The predicted octanol–water partition coefficient (Wildman–Crippen LogP) is 0.758. The van der Waals surface area contributed by atoms with E-state index in [1.165, 1.54) is 0 Å². The Morgan fingerprint density at radius 2 is 0.633 bits per heavy atom. The first-order valence-electron chi connectivity index (χ1n) is 10.0. The second-order valence-electron chi connectivity index (χ2n) is 5.27. The lowest BCUT2D eigenvalue weighted by Gasteiger charge is -2.05. The fourth-order valence-electron chi connectivity index (χ4n) is 1.50. The van der Waals surface area contributed by atoms with Crippen molar-refractivity contribution in [2.45, 2.75) is 26.7 Å². The van der Waals surface area contributed by atoms with Crippen LogP contribution >= 0.6 is 0 Å². The lowest BCUT2D eigenvalue weighted by atomic mass is 10.5. The molecular weight excluding hydrogens is 408 g/mol. The van der Waals surface area contributed by atoms with Gasteiger partial charge in [-0.25, -0.2) is 10.5 Å². The van der Waals surface area contributed by atoms with Crippen LogP contribution in [0.15, 0.2) is 0 Å². The first-order valence-corrected chi connectivity index (χ1v) is 10.0. The maximum Gasteiger partial charge on any atom is 0.0701 e. The van der Waals surface area contributed by atoms with Gasteiger partial charge in [0.15, 0.2) is 0 Å². The Kier molecular flexibility index (Phi) is 44.4. The number of hydrogen-bond donors (Lipinski definition) is 4. The standard InChI is InChI=1S/C10H22O3.C8H18O5.H2O4/c1-3-5-11-7-9-13-10-8-12-6-4-2;9-1-3-11-5-7-13-8-6-12-4-2-10;1-3-4-2/h3-10H2,1-2H3;9-10H,1-8H2;1-2H. The molecule has 186 valence electrons. The molecule has 0 rings (SSSR count). The van der Waals surface area contributed by atoms with Crippen molar-refractivity contribution in [2.24, 2.45) is 0 Å². The number of aliphatic hydroxyl groups excluding tert-OH is 2. The summed E-state index contributed by atoms with van der Waals surface area (Å²) in [6, 6.07) is 0. The van der Waals surface area contributed by atoms with Crippen LogP contribution in [-0.4, -0.2) is 113 Å². The molecule has 0 spiro atoms. The van der Waals surface area contributed by atoms with Gasteiger partial charge in [-0.3, -0.25) is 0 Å². The summed E-state index contributed by atoms with van der Waals surface area (Å²) in [5.74, 6) is 0. The molecule has 4 N–H and O–H groups in total. The third-order valence-electron chi connectivity index (χ3n) is 2.69. The summed E-state index contributed by atoms with van der Waals surface area (Å²) in [5.41, 5.74) is 0. The zero-order chi connectivity index (χ0) is 23.0. The summed E-state index contributed by atoms with van der Waals surface area (Å²) in [6.07, 6.45) is 2.14. The number of ether oxygens (including phenoxy) is 6. The molecule has 0 aliphatic rings. The van der Waals surface area contributed by atoms with Gasteiger partial charge >= 0.3 is 0 Å². The van der Waals surface area contributed by atoms with Crippen molar-refractivity contribution in [3.8, 4) is 0 Å². The van der Waals surface area contributed by atoms with Crippen LogP contribution < -0.4 is 0 Å². The first kappa shape index (κ1) is 34.1. The average molecular weight is 451 g/mol. The van der Waals surface area contributed by atoms with Crippen LogP contribution in [0.3, 0.4) is 0 Å². The van der Waals surface area contributed by atoms with E-state index in [0.717, 1.165) is 26.1 Å². The molecule has 12 nitrogen and oxygen atoms in total. The lowest BCUT2D eigenvalue weighted by Crippen LogP contribution is -2.11. The van der Waals surface area contributed by atoms with Crippen LogP contribution in [0.4, 0.5) is 0 Å². The number of aliphatic hydroxyl groups is 2. The first-order chi connectivity index (χ1) is 14.7. The molecule has 0 unspecified atom stereocenters. The van der Waals surface area contributed by atoms with Crippen molar-refractivity contribution in [1.82, 2.24) is 0 Å². The highest BCUT2D eigenvalue weighted by Gasteiger charge is 1.90. The molecule has 0 aliphatic heterocycles. The summed E-state index contributed by atoms with van der Waals surface area (Å²) >= 11 is 0. The molecule has 0 aliphatic carbocycles. The van der Waals surface area contributed by atoms with Gasteiger partial charge in [-0.2, -0.15) is 0 Å². The van der Waals surface area contributed by atoms with Crippen LogP contribution in [-0.2, 0) is 38.5 Å². The molecule has 0 fully saturated rings. The smallest absolute Gasteiger partial charge is 0.0701 e. The molecule has 0 radical (unpaired) electrons. The molecule has 0 heterocycles. The van der Waals surface area contributed by atoms with Crippen LogP contribution in [0.2, 0.25) is 0 Å². The van der Waals surface area contributed by atoms with Crippen molar-refractivity contribution in [2.75, 3.05) is 92.5 Å². The summed E-state index contributed by atoms with van der Waals surface area (Å²) in [6.45, 7) is 11.4. The molecule has 12 heteroatoms. The van der Waals surface area contributed by atoms with Gasteiger partial charge in [0, 0.05) is 13.2 Å². The van der Waals surface area contributed by atoms with Crippen LogP contribution in [0, 0.1) is 0 Å². The molecule has 0 atom stereocenters. The Labute approximate surface area is 179 Å². The van der Waals surface area contributed by atoms with Gasteiger partial charge < -0.3 is 38.6 Å². The minimum atomic E-state index is 0.0413. The third-order valence-corrected chi connectivity index (χ3v) is 2.69. The van der Waals surface area contributed by atoms with Crippen LogP contribution in [0.1, 0.15) is 26.7 Å². The minimum Gasteiger partial charge on any atom is -0.394 e. The second kappa shape index (κ2) is 39.0. The SMILES string of the molecule is CCCOCCOCCOCCC.OCCOCCOCCOCCO.OOOO. The monoisotopic (exact) mass is 450 g/mol. The maximum atomic E-state index is 8.36. The molecule has 0 aromatic heterocycles. The summed E-state index contributed by atoms with van der Waals surface area (Å²) in [7, 11) is 0. The fourth-order valence-corrected chi connectivity index (χ4v) is 1.50. The summed E-state index contributed by atoms with van der Waals surface area (Å²) in [5, 5.41) is 35.7. The molecule has 30 heavy (non-hydrogen) atoms. The topological polar surface area (TPSA) is 155 Å². The fraction of sp³-hybridized carbons (Fsp3) is 1.00. The van der Waals surface area contributed by atoms with Crippen molar-refractivity contribution >= 4 is 0 Å². The molecule has 0 aromatic rings. The average Bonchev–Trinajstić information content (AvgIpc) is 2.77. The number of rotatable bonds is 21. The Morgan fingerprint density at radius 1 is 0.400 bits per heavy atom. The molecule has 0 bridgehead atoms. The summed E-state index contributed by atoms with van der Waals surface area (Å²) in [4.78, 5) is 0. The molecule has 0 aromatic carbocycles.